The van der Waals surface area contributed by atoms with Crippen molar-refractivity contribution in [1.82, 2.24) is 0 Å². The van der Waals surface area contributed by atoms with Gasteiger partial charge in [-0.05, 0) is 26.7 Å². The third kappa shape index (κ3) is 0.726. The molecule has 1 saturated heterocycles. The van der Waals surface area contributed by atoms with Gasteiger partial charge in [-0.25, -0.2) is 0 Å². The second-order valence-corrected chi connectivity index (χ2v) is 6.34. The number of carbonyl (C=O) groups excluding carboxylic acids is 1. The summed E-state index contributed by atoms with van der Waals surface area (Å²) in [4.78, 5) is 12.2. The molecule has 2 nitrogen and oxygen atoms in total. The molecular formula is C11H13BrO2. The quantitative estimate of drug-likeness (QED) is 0.491. The molecule has 0 aromatic carbocycles. The van der Waals surface area contributed by atoms with E-state index in [0.29, 0.717) is 5.78 Å². The molecule has 1 saturated carbocycles. The lowest BCUT2D eigenvalue weighted by Crippen LogP contribution is -2.59. The van der Waals surface area contributed by atoms with Crippen LogP contribution in [-0.2, 0) is 9.53 Å². The van der Waals surface area contributed by atoms with Gasteiger partial charge in [-0.3, -0.25) is 4.79 Å². The highest BCUT2D eigenvalue weighted by Crippen LogP contribution is 2.60. The lowest BCUT2D eigenvalue weighted by atomic mass is 9.82. The number of carbonyl (C=O) groups is 1. The summed E-state index contributed by atoms with van der Waals surface area (Å²) in [6.07, 6.45) is 5.96. The van der Waals surface area contributed by atoms with Gasteiger partial charge in [-0.2, -0.15) is 0 Å². The highest BCUT2D eigenvalue weighted by Gasteiger charge is 2.69. The van der Waals surface area contributed by atoms with Crippen LogP contribution in [0.25, 0.3) is 0 Å². The van der Waals surface area contributed by atoms with E-state index in [9.17, 15) is 4.79 Å². The van der Waals surface area contributed by atoms with Crippen LogP contribution in [0.2, 0.25) is 0 Å². The van der Waals surface area contributed by atoms with Crippen molar-refractivity contribution in [2.75, 3.05) is 0 Å². The van der Waals surface area contributed by atoms with E-state index in [1.165, 1.54) is 0 Å². The molecule has 0 aromatic heterocycles. The van der Waals surface area contributed by atoms with Gasteiger partial charge in [0.2, 0.25) is 0 Å². The van der Waals surface area contributed by atoms with Crippen LogP contribution >= 0.6 is 15.9 Å². The summed E-state index contributed by atoms with van der Waals surface area (Å²) in [5.41, 5.74) is -0.786. The zero-order valence-electron chi connectivity index (χ0n) is 8.34. The first kappa shape index (κ1) is 9.10. The Hall–Kier alpha value is -0.150. The first-order valence-electron chi connectivity index (χ1n) is 5.05. The number of ether oxygens (including phenoxy) is 1. The van der Waals surface area contributed by atoms with Crippen LogP contribution in [0.5, 0.6) is 0 Å². The van der Waals surface area contributed by atoms with Gasteiger partial charge in [-0.1, -0.05) is 28.1 Å². The summed E-state index contributed by atoms with van der Waals surface area (Å²) in [6, 6.07) is 0. The van der Waals surface area contributed by atoms with Gasteiger partial charge < -0.3 is 4.74 Å². The van der Waals surface area contributed by atoms with Crippen LogP contribution in [0.3, 0.4) is 0 Å². The van der Waals surface area contributed by atoms with Gasteiger partial charge in [0.25, 0.3) is 0 Å². The van der Waals surface area contributed by atoms with Crippen molar-refractivity contribution in [3.05, 3.63) is 12.2 Å². The molecule has 3 aliphatic rings. The van der Waals surface area contributed by atoms with Gasteiger partial charge in [0.1, 0.15) is 9.93 Å². The van der Waals surface area contributed by atoms with E-state index in [1.54, 1.807) is 0 Å². The summed E-state index contributed by atoms with van der Waals surface area (Å²) < 4.78 is 5.59. The Bertz CT molecular complexity index is 364. The number of ketones is 1. The lowest BCUT2D eigenvalue weighted by Gasteiger charge is -2.45. The molecule has 0 N–H and O–H groups in total. The van der Waals surface area contributed by atoms with Crippen LogP contribution in [0.1, 0.15) is 26.7 Å². The number of alkyl halides is 1. The number of hydrogen-bond acceptors (Lipinski definition) is 2. The maximum Gasteiger partial charge on any atom is 0.159 e. The Morgan fingerprint density at radius 2 is 2.21 bits per heavy atom. The van der Waals surface area contributed by atoms with Crippen LogP contribution in [-0.4, -0.2) is 21.3 Å². The van der Waals surface area contributed by atoms with Crippen molar-refractivity contribution in [1.29, 1.82) is 0 Å². The molecule has 4 atom stereocenters. The Kier molecular flexibility index (Phi) is 1.41. The predicted molar refractivity (Wildman–Crippen MR) is 56.4 cm³/mol. The van der Waals surface area contributed by atoms with Gasteiger partial charge >= 0.3 is 0 Å². The predicted octanol–water partition coefficient (Wildman–Crippen LogP) is 2.22. The fourth-order valence-corrected chi connectivity index (χ4v) is 3.88. The van der Waals surface area contributed by atoms with Crippen molar-refractivity contribution in [2.45, 2.75) is 42.2 Å². The standard InChI is InChI=1S/C11H13BrO2/c1-9-5-6-10(2,14-9)11(12)4-3-7(9)8(11)13/h5-7H,3-4H2,1-2H3/t7-,9+,10-,11-/m1/s1. The van der Waals surface area contributed by atoms with Gasteiger partial charge in [0.15, 0.2) is 5.78 Å². The molecule has 0 amide bonds. The second kappa shape index (κ2) is 2.17. The van der Waals surface area contributed by atoms with Gasteiger partial charge in [0, 0.05) is 0 Å². The molecule has 2 fully saturated rings. The van der Waals surface area contributed by atoms with Crippen LogP contribution in [0.4, 0.5) is 0 Å². The minimum atomic E-state index is -0.461. The van der Waals surface area contributed by atoms with Gasteiger partial charge in [-0.15, -0.1) is 0 Å². The third-order valence-corrected chi connectivity index (χ3v) is 5.70. The van der Waals surface area contributed by atoms with Crippen LogP contribution < -0.4 is 0 Å². The molecule has 1 aliphatic carbocycles. The number of Topliss-reactive ketones (excluding diaryl/α,β-unsaturated/α-hetero) is 1. The molecule has 0 unspecified atom stereocenters. The Balaban J connectivity index is 2.23. The number of rotatable bonds is 0. The number of hydrogen-bond donors (Lipinski definition) is 0. The van der Waals surface area contributed by atoms with E-state index in [-0.39, 0.29) is 11.5 Å². The normalized spacial score (nSPS) is 59.6. The highest BCUT2D eigenvalue weighted by molar-refractivity contribution is 9.10. The molecular weight excluding hydrogens is 244 g/mol. The Labute approximate surface area is 91.8 Å². The molecule has 4 bridgehead atoms. The van der Waals surface area contributed by atoms with E-state index in [0.717, 1.165) is 12.8 Å². The molecule has 14 heavy (non-hydrogen) atoms. The molecule has 0 spiro atoms. The van der Waals surface area contributed by atoms with Crippen LogP contribution in [0, 0.1) is 5.92 Å². The largest absolute Gasteiger partial charge is 0.358 e. The minimum Gasteiger partial charge on any atom is -0.358 e. The Morgan fingerprint density at radius 1 is 1.50 bits per heavy atom. The number of fused-ring (bicyclic) bond motifs is 6. The molecule has 3 rings (SSSR count). The summed E-state index contributed by atoms with van der Waals surface area (Å²) in [6.45, 7) is 4.03. The number of halogens is 1. The zero-order chi connectivity index (χ0) is 10.2. The maximum atomic E-state index is 12.2. The summed E-state index contributed by atoms with van der Waals surface area (Å²) in [7, 11) is 0. The smallest absolute Gasteiger partial charge is 0.159 e. The molecule has 3 heteroatoms. The average Bonchev–Trinajstić information content (AvgIpc) is 2.53. The van der Waals surface area contributed by atoms with E-state index >= 15 is 0 Å². The first-order chi connectivity index (χ1) is 6.41. The van der Waals surface area contributed by atoms with Crippen molar-refractivity contribution < 1.29 is 9.53 Å². The van der Waals surface area contributed by atoms with Crippen molar-refractivity contribution >= 4 is 21.7 Å². The fourth-order valence-electron chi connectivity index (χ4n) is 3.16. The van der Waals surface area contributed by atoms with E-state index < -0.39 is 9.93 Å². The topological polar surface area (TPSA) is 26.3 Å². The average molecular weight is 257 g/mol. The molecule has 2 aliphatic heterocycles. The first-order valence-corrected chi connectivity index (χ1v) is 5.84. The van der Waals surface area contributed by atoms with E-state index in [4.69, 9.17) is 4.74 Å². The molecule has 2 heterocycles. The molecule has 0 radical (unpaired) electrons. The summed E-state index contributed by atoms with van der Waals surface area (Å²) >= 11 is 3.61. The summed E-state index contributed by atoms with van der Waals surface area (Å²) in [5, 5.41) is 0. The maximum absolute atomic E-state index is 12.2. The van der Waals surface area contributed by atoms with E-state index in [2.05, 4.69) is 28.1 Å². The monoisotopic (exact) mass is 256 g/mol. The molecule has 0 aromatic rings. The van der Waals surface area contributed by atoms with Crippen LogP contribution in [0.15, 0.2) is 12.2 Å². The lowest BCUT2D eigenvalue weighted by molar-refractivity contribution is -0.161. The van der Waals surface area contributed by atoms with Crippen molar-refractivity contribution in [3.63, 3.8) is 0 Å². The fraction of sp³-hybridized carbons (Fsp3) is 0.727. The zero-order valence-corrected chi connectivity index (χ0v) is 9.93. The van der Waals surface area contributed by atoms with Crippen molar-refractivity contribution in [2.24, 2.45) is 5.92 Å². The SMILES string of the molecule is C[C@]12C=C[C@](C)(O1)[C@@H]1CC[C@@]2(Br)C1=O. The summed E-state index contributed by atoms with van der Waals surface area (Å²) in [5.74, 6) is 0.382. The Morgan fingerprint density at radius 3 is 2.93 bits per heavy atom. The second-order valence-electron chi connectivity index (χ2n) is 4.98. The minimum absolute atomic E-state index is 0.0497. The third-order valence-electron chi connectivity index (χ3n) is 4.13. The highest BCUT2D eigenvalue weighted by atomic mass is 79.9. The van der Waals surface area contributed by atoms with Gasteiger partial charge in [0.05, 0.1) is 11.5 Å². The van der Waals surface area contributed by atoms with Crippen molar-refractivity contribution in [3.8, 4) is 0 Å². The molecule has 76 valence electrons. The van der Waals surface area contributed by atoms with E-state index in [1.807, 2.05) is 13.8 Å².